The number of primary amides is 1. The minimum absolute atomic E-state index is 0.403. The maximum atomic E-state index is 11.0. The second kappa shape index (κ2) is 6.02. The molecular formula is C12H14N6O2S. The van der Waals surface area contributed by atoms with Crippen LogP contribution in [0.1, 0.15) is 9.67 Å². The molecule has 3 rings (SSSR count). The Morgan fingerprint density at radius 3 is 2.86 bits per heavy atom. The highest BCUT2D eigenvalue weighted by molar-refractivity contribution is 7.17. The number of morpholine rings is 1. The molecule has 0 unspecified atom stereocenters. The SMILES string of the molecule is NC(=O)c1cnc(Nc2cc(N3CCOCC3)ncn2)s1. The van der Waals surface area contributed by atoms with E-state index in [0.29, 0.717) is 29.0 Å². The van der Waals surface area contributed by atoms with Crippen molar-refractivity contribution in [3.63, 3.8) is 0 Å². The smallest absolute Gasteiger partial charge is 0.260 e. The summed E-state index contributed by atoms with van der Waals surface area (Å²) in [7, 11) is 0. The fourth-order valence-electron chi connectivity index (χ4n) is 1.94. The number of thiazole rings is 1. The highest BCUT2D eigenvalue weighted by Crippen LogP contribution is 2.23. The van der Waals surface area contributed by atoms with E-state index in [9.17, 15) is 4.79 Å². The van der Waals surface area contributed by atoms with Gasteiger partial charge in [0.25, 0.3) is 5.91 Å². The van der Waals surface area contributed by atoms with Gasteiger partial charge in [0.05, 0.1) is 19.4 Å². The molecule has 3 N–H and O–H groups in total. The summed E-state index contributed by atoms with van der Waals surface area (Å²) < 4.78 is 5.32. The molecule has 0 saturated carbocycles. The van der Waals surface area contributed by atoms with Crippen molar-refractivity contribution in [3.8, 4) is 0 Å². The van der Waals surface area contributed by atoms with Crippen LogP contribution in [0.15, 0.2) is 18.6 Å². The number of nitrogens with two attached hydrogens (primary N) is 1. The molecule has 9 heteroatoms. The lowest BCUT2D eigenvalue weighted by Crippen LogP contribution is -2.36. The summed E-state index contributed by atoms with van der Waals surface area (Å²) in [5.41, 5.74) is 5.20. The number of carbonyl (C=O) groups is 1. The molecule has 0 aliphatic carbocycles. The molecule has 0 bridgehead atoms. The zero-order valence-electron chi connectivity index (χ0n) is 11.2. The van der Waals surface area contributed by atoms with Gasteiger partial charge >= 0.3 is 0 Å². The number of anilines is 3. The monoisotopic (exact) mass is 306 g/mol. The Morgan fingerprint density at radius 2 is 2.14 bits per heavy atom. The molecule has 2 aromatic heterocycles. The minimum atomic E-state index is -0.489. The Labute approximate surface area is 125 Å². The van der Waals surface area contributed by atoms with E-state index in [4.69, 9.17) is 10.5 Å². The van der Waals surface area contributed by atoms with Crippen LogP contribution in [-0.2, 0) is 4.74 Å². The molecular weight excluding hydrogens is 292 g/mol. The predicted octanol–water partition coefficient (Wildman–Crippen LogP) is 0.612. The Bertz CT molecular complexity index is 640. The summed E-state index contributed by atoms with van der Waals surface area (Å²) >= 11 is 1.19. The third kappa shape index (κ3) is 3.26. The molecule has 1 fully saturated rings. The van der Waals surface area contributed by atoms with Gasteiger partial charge in [-0.3, -0.25) is 4.79 Å². The Hall–Kier alpha value is -2.26. The first-order valence-electron chi connectivity index (χ1n) is 6.40. The van der Waals surface area contributed by atoms with Gasteiger partial charge in [0.2, 0.25) is 0 Å². The van der Waals surface area contributed by atoms with Crippen molar-refractivity contribution < 1.29 is 9.53 Å². The van der Waals surface area contributed by atoms with Gasteiger partial charge in [-0.1, -0.05) is 11.3 Å². The minimum Gasteiger partial charge on any atom is -0.378 e. The molecule has 1 amide bonds. The van der Waals surface area contributed by atoms with Crippen LogP contribution in [0.2, 0.25) is 0 Å². The second-order valence-electron chi connectivity index (χ2n) is 4.38. The van der Waals surface area contributed by atoms with Crippen LogP contribution < -0.4 is 16.0 Å². The third-order valence-electron chi connectivity index (χ3n) is 2.97. The molecule has 0 spiro atoms. The molecule has 8 nitrogen and oxygen atoms in total. The molecule has 2 aromatic rings. The zero-order chi connectivity index (χ0) is 14.7. The molecule has 0 aromatic carbocycles. The van der Waals surface area contributed by atoms with Gasteiger partial charge in [-0.2, -0.15) is 0 Å². The lowest BCUT2D eigenvalue weighted by Gasteiger charge is -2.27. The van der Waals surface area contributed by atoms with Crippen LogP contribution in [0.3, 0.4) is 0 Å². The van der Waals surface area contributed by atoms with Gasteiger partial charge in [-0.05, 0) is 0 Å². The number of aromatic nitrogens is 3. The van der Waals surface area contributed by atoms with E-state index in [1.165, 1.54) is 23.9 Å². The van der Waals surface area contributed by atoms with Crippen molar-refractivity contribution in [2.24, 2.45) is 5.73 Å². The Kier molecular flexibility index (Phi) is 3.93. The Balaban J connectivity index is 1.74. The van der Waals surface area contributed by atoms with Crippen LogP contribution in [0.25, 0.3) is 0 Å². The van der Waals surface area contributed by atoms with E-state index in [-0.39, 0.29) is 0 Å². The van der Waals surface area contributed by atoms with E-state index in [2.05, 4.69) is 25.2 Å². The van der Waals surface area contributed by atoms with Gasteiger partial charge < -0.3 is 20.7 Å². The number of rotatable bonds is 4. The van der Waals surface area contributed by atoms with Crippen molar-refractivity contribution in [1.29, 1.82) is 0 Å². The number of ether oxygens (including phenoxy) is 1. The number of hydrogen-bond acceptors (Lipinski definition) is 8. The first kappa shape index (κ1) is 13.7. The molecule has 21 heavy (non-hydrogen) atoms. The highest BCUT2D eigenvalue weighted by Gasteiger charge is 2.13. The lowest BCUT2D eigenvalue weighted by atomic mass is 10.4. The fourth-order valence-corrected chi connectivity index (χ4v) is 2.61. The molecule has 110 valence electrons. The van der Waals surface area contributed by atoms with Crippen molar-refractivity contribution in [2.45, 2.75) is 0 Å². The molecule has 1 aliphatic heterocycles. The topological polar surface area (TPSA) is 106 Å². The second-order valence-corrected chi connectivity index (χ2v) is 5.41. The van der Waals surface area contributed by atoms with Gasteiger partial charge in [0.15, 0.2) is 5.13 Å². The zero-order valence-corrected chi connectivity index (χ0v) is 12.0. The Morgan fingerprint density at radius 1 is 1.33 bits per heavy atom. The number of nitrogens with zero attached hydrogens (tertiary/aromatic N) is 4. The molecule has 0 atom stereocenters. The summed E-state index contributed by atoms with van der Waals surface area (Å²) in [4.78, 5) is 26.1. The van der Waals surface area contributed by atoms with Crippen molar-refractivity contribution in [1.82, 2.24) is 15.0 Å². The number of hydrogen-bond donors (Lipinski definition) is 2. The predicted molar refractivity (Wildman–Crippen MR) is 79.0 cm³/mol. The molecule has 3 heterocycles. The maximum absolute atomic E-state index is 11.0. The van der Waals surface area contributed by atoms with Crippen LogP contribution in [0.4, 0.5) is 16.8 Å². The van der Waals surface area contributed by atoms with E-state index < -0.39 is 5.91 Å². The summed E-state index contributed by atoms with van der Waals surface area (Å²) in [6.45, 7) is 3.00. The van der Waals surface area contributed by atoms with Crippen molar-refractivity contribution >= 4 is 34.0 Å². The first-order chi connectivity index (χ1) is 10.2. The maximum Gasteiger partial charge on any atom is 0.260 e. The first-order valence-corrected chi connectivity index (χ1v) is 7.21. The van der Waals surface area contributed by atoms with Gasteiger partial charge in [-0.15, -0.1) is 0 Å². The summed E-state index contributed by atoms with van der Waals surface area (Å²) in [5.74, 6) is 0.969. The van der Waals surface area contributed by atoms with Crippen molar-refractivity contribution in [2.75, 3.05) is 36.5 Å². The molecule has 1 saturated heterocycles. The third-order valence-corrected chi connectivity index (χ3v) is 3.90. The summed E-state index contributed by atoms with van der Waals surface area (Å²) in [6.07, 6.45) is 2.94. The average molecular weight is 306 g/mol. The average Bonchev–Trinajstić information content (AvgIpc) is 2.97. The lowest BCUT2D eigenvalue weighted by molar-refractivity contribution is 0.100. The van der Waals surface area contributed by atoms with Gasteiger partial charge in [-0.25, -0.2) is 15.0 Å². The van der Waals surface area contributed by atoms with Crippen LogP contribution in [0, 0.1) is 0 Å². The number of nitrogens with one attached hydrogen (secondary N) is 1. The normalized spacial score (nSPS) is 15.0. The standard InChI is InChI=1S/C12H14N6O2S/c13-11(19)8-6-14-12(21-8)17-9-5-10(16-7-15-9)18-1-3-20-4-2-18/h5-7H,1-4H2,(H2,13,19)(H,14,15,16,17). The molecule has 1 aliphatic rings. The summed E-state index contributed by atoms with van der Waals surface area (Å²) in [6, 6.07) is 1.84. The van der Waals surface area contributed by atoms with Crippen molar-refractivity contribution in [3.05, 3.63) is 23.5 Å². The van der Waals surface area contributed by atoms with Crippen LogP contribution in [-0.4, -0.2) is 47.2 Å². The van der Waals surface area contributed by atoms with E-state index >= 15 is 0 Å². The highest BCUT2D eigenvalue weighted by atomic mass is 32.1. The van der Waals surface area contributed by atoms with Crippen LogP contribution >= 0.6 is 11.3 Å². The van der Waals surface area contributed by atoms with Gasteiger partial charge in [0, 0.05) is 19.2 Å². The van der Waals surface area contributed by atoms with Gasteiger partial charge in [0.1, 0.15) is 22.8 Å². The number of amides is 1. The van der Waals surface area contributed by atoms with E-state index in [1.54, 1.807) is 0 Å². The molecule has 0 radical (unpaired) electrons. The van der Waals surface area contributed by atoms with Crippen LogP contribution in [0.5, 0.6) is 0 Å². The number of carbonyl (C=O) groups excluding carboxylic acids is 1. The quantitative estimate of drug-likeness (QED) is 0.852. The fraction of sp³-hybridized carbons (Fsp3) is 0.333. The largest absolute Gasteiger partial charge is 0.378 e. The van der Waals surface area contributed by atoms with E-state index in [1.807, 2.05) is 6.07 Å². The van der Waals surface area contributed by atoms with E-state index in [0.717, 1.165) is 18.9 Å². The summed E-state index contributed by atoms with van der Waals surface area (Å²) in [5, 5.41) is 3.61.